The molecule has 3 aromatic rings. The van der Waals surface area contributed by atoms with Crippen molar-refractivity contribution in [2.45, 2.75) is 60.8 Å². The maximum atomic E-state index is 12.0. The molecule has 0 aliphatic carbocycles. The van der Waals surface area contributed by atoms with Gasteiger partial charge in [0.15, 0.2) is 0 Å². The van der Waals surface area contributed by atoms with E-state index >= 15 is 0 Å². The van der Waals surface area contributed by atoms with E-state index in [1.807, 2.05) is 38.7 Å². The molecule has 0 saturated heterocycles. The first-order valence-corrected chi connectivity index (χ1v) is 20.1. The van der Waals surface area contributed by atoms with Crippen LogP contribution in [0.15, 0.2) is 107 Å². The van der Waals surface area contributed by atoms with Gasteiger partial charge in [-0.25, -0.2) is 13.2 Å². The first kappa shape index (κ1) is 37.9. The van der Waals surface area contributed by atoms with Crippen LogP contribution in [0.5, 0.6) is 0 Å². The summed E-state index contributed by atoms with van der Waals surface area (Å²) in [6, 6.07) is 14.0. The van der Waals surface area contributed by atoms with E-state index in [9.17, 15) is 48.8 Å². The van der Waals surface area contributed by atoms with Gasteiger partial charge in [0.1, 0.15) is 10.1 Å². The van der Waals surface area contributed by atoms with Crippen molar-refractivity contribution in [1.82, 2.24) is 0 Å². The molecule has 3 aromatic carbocycles. The molecule has 2 heterocycles. The van der Waals surface area contributed by atoms with Crippen LogP contribution in [0.25, 0.3) is 0 Å². The van der Waals surface area contributed by atoms with Crippen molar-refractivity contribution in [3.05, 3.63) is 113 Å². The van der Waals surface area contributed by atoms with Gasteiger partial charge in [-0.05, 0) is 78.2 Å². The van der Waals surface area contributed by atoms with E-state index in [0.717, 1.165) is 11.3 Å². The van der Waals surface area contributed by atoms with Crippen LogP contribution in [0, 0.1) is 0 Å². The van der Waals surface area contributed by atoms with Crippen LogP contribution in [0.1, 0.15) is 55.6 Å². The second-order valence-corrected chi connectivity index (χ2v) is 17.8. The second kappa shape index (κ2) is 13.3. The van der Waals surface area contributed by atoms with Gasteiger partial charge in [0.25, 0.3) is 20.2 Å². The molecule has 0 saturated carbocycles. The molecule has 51 heavy (non-hydrogen) atoms. The third kappa shape index (κ3) is 7.66. The van der Waals surface area contributed by atoms with Crippen molar-refractivity contribution in [3.8, 4) is 0 Å². The van der Waals surface area contributed by atoms with Crippen LogP contribution in [0.3, 0.4) is 0 Å². The maximum absolute atomic E-state index is 12.0. The van der Waals surface area contributed by atoms with Crippen LogP contribution in [-0.4, -0.2) is 68.3 Å². The zero-order chi connectivity index (χ0) is 37.7. The van der Waals surface area contributed by atoms with E-state index < -0.39 is 57.8 Å². The second-order valence-electron chi connectivity index (χ2n) is 13.4. The first-order chi connectivity index (χ1) is 23.5. The highest BCUT2D eigenvalue weighted by atomic mass is 32.2. The van der Waals surface area contributed by atoms with Gasteiger partial charge < -0.3 is 19.5 Å². The molecule has 1 atom stereocenters. The van der Waals surface area contributed by atoms with Gasteiger partial charge >= 0.3 is 5.97 Å². The average molecular weight is 758 g/mol. The Morgan fingerprint density at radius 2 is 1.53 bits per heavy atom. The number of anilines is 3. The molecule has 0 amide bonds. The molecule has 272 valence electrons. The van der Waals surface area contributed by atoms with Crippen LogP contribution in [0.4, 0.5) is 17.1 Å². The Morgan fingerprint density at radius 1 is 0.843 bits per heavy atom. The number of carboxylic acid groups (broad SMARTS) is 1. The van der Waals surface area contributed by atoms with Crippen molar-refractivity contribution in [3.63, 3.8) is 0 Å². The summed E-state index contributed by atoms with van der Waals surface area (Å²) in [5.74, 6) is -1.52. The average Bonchev–Trinajstić information content (AvgIpc) is 3.37. The van der Waals surface area contributed by atoms with E-state index in [4.69, 9.17) is 0 Å². The summed E-state index contributed by atoms with van der Waals surface area (Å²) in [5, 5.41) is 9.60. The van der Waals surface area contributed by atoms with Crippen LogP contribution >= 0.6 is 0 Å². The number of hydrogen-bond acceptors (Lipinski definition) is 10. The third-order valence-corrected chi connectivity index (χ3v) is 11.8. The van der Waals surface area contributed by atoms with Gasteiger partial charge in [0.05, 0.1) is 32.8 Å². The highest BCUT2D eigenvalue weighted by molar-refractivity contribution is 7.86. The Morgan fingerprint density at radius 3 is 2.16 bits per heavy atom. The van der Waals surface area contributed by atoms with Gasteiger partial charge in [-0.3, -0.25) is 9.11 Å². The smallest absolute Gasteiger partial charge is 0.335 e. The summed E-state index contributed by atoms with van der Waals surface area (Å²) in [5.41, 5.74) is 2.08. The summed E-state index contributed by atoms with van der Waals surface area (Å²) in [6.07, 6.45) is 9.03. The predicted molar refractivity (Wildman–Crippen MR) is 191 cm³/mol. The fraction of sp³-hybridized carbons (Fsp3) is 0.286. The summed E-state index contributed by atoms with van der Waals surface area (Å²) in [7, 11) is -13.5. The van der Waals surface area contributed by atoms with Gasteiger partial charge in [0, 0.05) is 34.4 Å². The van der Waals surface area contributed by atoms with Gasteiger partial charge in [0.2, 0.25) is 0 Å². The Labute approximate surface area is 297 Å². The van der Waals surface area contributed by atoms with E-state index in [1.54, 1.807) is 47.4 Å². The molecule has 0 spiro atoms. The Bertz CT molecular complexity index is 2330. The van der Waals surface area contributed by atoms with Gasteiger partial charge in [-0.15, -0.1) is 0 Å². The molecular weight excluding hydrogens is 721 g/mol. The Balaban J connectivity index is 1.53. The summed E-state index contributed by atoms with van der Waals surface area (Å²) >= 11 is 0. The summed E-state index contributed by atoms with van der Waals surface area (Å²) in [6.45, 7) is 7.81. The lowest BCUT2D eigenvalue weighted by Crippen LogP contribution is -2.40. The molecule has 0 bridgehead atoms. The number of allylic oxidation sites excluding steroid dienone is 5. The third-order valence-electron chi connectivity index (χ3n) is 9.32. The number of fused-ring (bicyclic) bond motifs is 2. The number of carboxylic acids is 1. The molecule has 5 rings (SSSR count). The molecule has 13 nitrogen and oxygen atoms in total. The molecule has 1 unspecified atom stereocenters. The number of rotatable bonds is 11. The van der Waals surface area contributed by atoms with E-state index in [0.29, 0.717) is 22.6 Å². The molecule has 0 fully saturated rings. The highest BCUT2D eigenvalue weighted by Gasteiger charge is 2.44. The molecule has 0 radical (unpaired) electrons. The predicted octanol–water partition coefficient (Wildman–Crippen LogP) is 5.41. The monoisotopic (exact) mass is 757 g/mol. The van der Waals surface area contributed by atoms with Gasteiger partial charge in [-0.1, -0.05) is 58.1 Å². The van der Waals surface area contributed by atoms with E-state index in [-0.39, 0.29) is 29.5 Å². The topological polar surface area (TPSA) is 210 Å². The number of benzene rings is 3. The van der Waals surface area contributed by atoms with Crippen molar-refractivity contribution in [2.24, 2.45) is 0 Å². The van der Waals surface area contributed by atoms with Crippen LogP contribution in [-0.2, 0) is 41.2 Å². The minimum atomic E-state index is -4.79. The van der Waals surface area contributed by atoms with E-state index in [2.05, 4.69) is 0 Å². The van der Waals surface area contributed by atoms with Crippen molar-refractivity contribution in [2.75, 3.05) is 22.1 Å². The quantitative estimate of drug-likeness (QED) is 0.165. The number of carbonyl (C=O) groups is 1. The number of aromatic carboxylic acids is 1. The highest BCUT2D eigenvalue weighted by Crippen LogP contribution is 2.52. The minimum absolute atomic E-state index is 0.114. The maximum Gasteiger partial charge on any atom is 0.335 e. The largest absolute Gasteiger partial charge is 0.744 e. The Kier molecular flexibility index (Phi) is 9.92. The molecule has 2 aliphatic heterocycles. The number of nitrogens with zero attached hydrogens (tertiary/aromatic N) is 2. The zero-order valence-corrected chi connectivity index (χ0v) is 30.5. The van der Waals surface area contributed by atoms with Crippen LogP contribution in [0.2, 0.25) is 0 Å². The van der Waals surface area contributed by atoms with Crippen molar-refractivity contribution < 1.29 is 48.8 Å². The lowest BCUT2D eigenvalue weighted by Gasteiger charge is -2.32. The first-order valence-electron chi connectivity index (χ1n) is 15.7. The standard InChI is InChI=1S/C35H38N2O11S3/c1-34(2)27-20-23(33(38)39)14-16-29(27)36(18-9-19-49(40,41)42)31(34)12-6-5-7-13-32-35(3,4)28-22-26(51(46,47)48)15-17-30(28)37(32)24-10-8-11-25(21-24)50(43,44)45/h5-8,10-17,20-22,31H,9,18-19H2,1-4H3,(H,38,39)(H,40,41,42)(H,43,44,45)(H,46,47,48)/p-1/b7-5+,12-6+,32-13+. The van der Waals surface area contributed by atoms with Crippen molar-refractivity contribution in [1.29, 1.82) is 0 Å². The fourth-order valence-electron chi connectivity index (χ4n) is 6.79. The molecule has 2 aliphatic rings. The summed E-state index contributed by atoms with van der Waals surface area (Å²) in [4.78, 5) is 14.7. The molecule has 0 aromatic heterocycles. The van der Waals surface area contributed by atoms with E-state index in [1.165, 1.54) is 42.5 Å². The number of hydrogen-bond donors (Lipinski definition) is 3. The fourth-order valence-corrected chi connectivity index (χ4v) is 8.30. The SMILES string of the molecule is CC1(C)\C(=C/C=C/C=C/C2N(CCCS(=O)(=O)O)c3ccc(C(=O)O)cc3C2(C)C)N(c2cccc(S(=O)(=O)O)c2)c2ccc(S(=O)(=O)[O-])cc21. The molecular formula is C35H37N2O11S3-. The minimum Gasteiger partial charge on any atom is -0.744 e. The Hall–Kier alpha value is -4.32. The van der Waals surface area contributed by atoms with Crippen molar-refractivity contribution >= 4 is 53.4 Å². The van der Waals surface area contributed by atoms with Crippen LogP contribution < -0.4 is 9.80 Å². The normalized spacial score (nSPS) is 19.3. The lowest BCUT2D eigenvalue weighted by atomic mass is 9.80. The molecule has 16 heteroatoms. The lowest BCUT2D eigenvalue weighted by molar-refractivity contribution is 0.0696. The summed E-state index contributed by atoms with van der Waals surface area (Å²) < 4.78 is 102. The molecule has 3 N–H and O–H groups in total. The van der Waals surface area contributed by atoms with Gasteiger partial charge in [-0.2, -0.15) is 16.8 Å². The zero-order valence-electron chi connectivity index (χ0n) is 28.1.